The number of fused-ring (bicyclic) bond motifs is 1. The molecular formula is C12H10FNO. The number of hydrogen-bond donors (Lipinski definition) is 1. The average Bonchev–Trinajstić information content (AvgIpc) is 2.59. The van der Waals surface area contributed by atoms with Crippen LogP contribution in [0.2, 0.25) is 0 Å². The maximum absolute atomic E-state index is 13.2. The molecule has 1 atom stereocenters. The number of rotatable bonds is 0. The quantitative estimate of drug-likeness (QED) is 0.667. The molecule has 76 valence electrons. The fourth-order valence-electron chi connectivity index (χ4n) is 1.27. The lowest BCUT2D eigenvalue weighted by molar-refractivity contribution is 0.552. The van der Waals surface area contributed by atoms with Crippen molar-refractivity contribution >= 4 is 11.0 Å². The second-order valence-electron chi connectivity index (χ2n) is 3.33. The van der Waals surface area contributed by atoms with Crippen LogP contribution in [0.3, 0.4) is 0 Å². The van der Waals surface area contributed by atoms with E-state index in [1.54, 1.807) is 25.1 Å². The van der Waals surface area contributed by atoms with E-state index in [0.29, 0.717) is 11.1 Å². The van der Waals surface area contributed by atoms with E-state index < -0.39 is 0 Å². The average molecular weight is 203 g/mol. The van der Waals surface area contributed by atoms with E-state index in [4.69, 9.17) is 10.2 Å². The third-order valence-electron chi connectivity index (χ3n) is 1.92. The SMILES string of the molecule is CC(N)C#Cc1cc2cccc(F)c2o1. The van der Waals surface area contributed by atoms with Gasteiger partial charge in [-0.15, -0.1) is 0 Å². The van der Waals surface area contributed by atoms with E-state index in [2.05, 4.69) is 11.8 Å². The van der Waals surface area contributed by atoms with Crippen LogP contribution in [0.25, 0.3) is 11.0 Å². The molecule has 1 aromatic heterocycles. The standard InChI is InChI=1S/C12H10FNO/c1-8(14)5-6-10-7-9-3-2-4-11(13)12(9)15-10/h2-4,7-8H,14H2,1H3. The molecule has 2 rings (SSSR count). The second kappa shape index (κ2) is 3.76. The van der Waals surface area contributed by atoms with Gasteiger partial charge in [-0.2, -0.15) is 0 Å². The van der Waals surface area contributed by atoms with Gasteiger partial charge in [0.2, 0.25) is 0 Å². The lowest BCUT2D eigenvalue weighted by Crippen LogP contribution is -2.10. The van der Waals surface area contributed by atoms with Crippen molar-refractivity contribution < 1.29 is 8.81 Å². The fraction of sp³-hybridized carbons (Fsp3) is 0.167. The van der Waals surface area contributed by atoms with Crippen molar-refractivity contribution in [3.8, 4) is 11.8 Å². The Bertz CT molecular complexity index is 545. The van der Waals surface area contributed by atoms with E-state index >= 15 is 0 Å². The van der Waals surface area contributed by atoms with Crippen LogP contribution in [-0.2, 0) is 0 Å². The first-order chi connectivity index (χ1) is 7.16. The first-order valence-electron chi connectivity index (χ1n) is 4.62. The molecule has 0 spiro atoms. The first-order valence-corrected chi connectivity index (χ1v) is 4.62. The molecule has 0 saturated heterocycles. The highest BCUT2D eigenvalue weighted by molar-refractivity contribution is 5.79. The van der Waals surface area contributed by atoms with E-state index in [1.807, 2.05) is 0 Å². The molecule has 0 amide bonds. The van der Waals surface area contributed by atoms with Gasteiger partial charge in [0.1, 0.15) is 0 Å². The van der Waals surface area contributed by atoms with Gasteiger partial charge in [0.25, 0.3) is 0 Å². The number of benzene rings is 1. The minimum absolute atomic E-state index is 0.219. The molecule has 1 heterocycles. The van der Waals surface area contributed by atoms with Crippen LogP contribution in [0.15, 0.2) is 28.7 Å². The van der Waals surface area contributed by atoms with Gasteiger partial charge < -0.3 is 10.2 Å². The Balaban J connectivity index is 2.49. The van der Waals surface area contributed by atoms with Gasteiger partial charge >= 0.3 is 0 Å². The van der Waals surface area contributed by atoms with Gasteiger partial charge in [-0.25, -0.2) is 4.39 Å². The topological polar surface area (TPSA) is 39.2 Å². The summed E-state index contributed by atoms with van der Waals surface area (Å²) in [5.74, 6) is 5.57. The summed E-state index contributed by atoms with van der Waals surface area (Å²) in [6.45, 7) is 1.77. The zero-order chi connectivity index (χ0) is 10.8. The molecule has 1 aromatic carbocycles. The van der Waals surface area contributed by atoms with Crippen molar-refractivity contribution in [2.24, 2.45) is 5.73 Å². The Morgan fingerprint density at radius 1 is 1.47 bits per heavy atom. The Morgan fingerprint density at radius 3 is 2.93 bits per heavy atom. The van der Waals surface area contributed by atoms with Crippen molar-refractivity contribution in [3.05, 3.63) is 35.8 Å². The van der Waals surface area contributed by atoms with Crippen LogP contribution in [-0.4, -0.2) is 6.04 Å². The zero-order valence-electron chi connectivity index (χ0n) is 8.25. The van der Waals surface area contributed by atoms with E-state index in [-0.39, 0.29) is 17.4 Å². The van der Waals surface area contributed by atoms with E-state index in [1.165, 1.54) is 6.07 Å². The highest BCUT2D eigenvalue weighted by Crippen LogP contribution is 2.21. The minimum Gasteiger partial charge on any atom is -0.445 e. The Labute approximate surface area is 86.9 Å². The molecule has 1 unspecified atom stereocenters. The molecule has 0 radical (unpaired) electrons. The van der Waals surface area contributed by atoms with Crippen molar-refractivity contribution in [1.82, 2.24) is 0 Å². The predicted molar refractivity (Wildman–Crippen MR) is 56.7 cm³/mol. The molecule has 0 aliphatic heterocycles. The van der Waals surface area contributed by atoms with Crippen LogP contribution in [0.5, 0.6) is 0 Å². The van der Waals surface area contributed by atoms with Crippen LogP contribution in [0.1, 0.15) is 12.7 Å². The molecule has 2 nitrogen and oxygen atoms in total. The molecule has 2 N–H and O–H groups in total. The summed E-state index contributed by atoms with van der Waals surface area (Å²) in [6, 6.07) is 6.25. The summed E-state index contributed by atoms with van der Waals surface area (Å²) >= 11 is 0. The predicted octanol–water partition coefficient (Wildman–Crippen LogP) is 2.27. The number of hydrogen-bond acceptors (Lipinski definition) is 2. The Hall–Kier alpha value is -1.79. The van der Waals surface area contributed by atoms with Gasteiger partial charge in [0.15, 0.2) is 17.2 Å². The highest BCUT2D eigenvalue weighted by Gasteiger charge is 2.05. The number of para-hydroxylation sites is 1. The lowest BCUT2D eigenvalue weighted by Gasteiger charge is -1.88. The molecule has 0 saturated carbocycles. The molecular weight excluding hydrogens is 193 g/mol. The van der Waals surface area contributed by atoms with E-state index in [9.17, 15) is 4.39 Å². The summed E-state index contributed by atoms with van der Waals surface area (Å²) in [6.07, 6.45) is 0. The smallest absolute Gasteiger partial charge is 0.178 e. The van der Waals surface area contributed by atoms with E-state index in [0.717, 1.165) is 0 Å². The molecule has 15 heavy (non-hydrogen) atoms. The third kappa shape index (κ3) is 2.00. The maximum atomic E-state index is 13.2. The van der Waals surface area contributed by atoms with Crippen LogP contribution < -0.4 is 5.73 Å². The minimum atomic E-state index is -0.374. The number of halogens is 1. The zero-order valence-corrected chi connectivity index (χ0v) is 8.25. The summed E-state index contributed by atoms with van der Waals surface area (Å²) in [5, 5.41) is 0.712. The fourth-order valence-corrected chi connectivity index (χ4v) is 1.27. The largest absolute Gasteiger partial charge is 0.445 e. The molecule has 0 fully saturated rings. The Kier molecular flexibility index (Phi) is 2.44. The molecule has 3 heteroatoms. The van der Waals surface area contributed by atoms with Gasteiger partial charge in [0, 0.05) is 11.5 Å². The molecule has 0 aliphatic carbocycles. The summed E-state index contributed by atoms with van der Waals surface area (Å²) in [7, 11) is 0. The summed E-state index contributed by atoms with van der Waals surface area (Å²) < 4.78 is 18.5. The molecule has 2 aromatic rings. The maximum Gasteiger partial charge on any atom is 0.178 e. The van der Waals surface area contributed by atoms with Crippen molar-refractivity contribution in [2.45, 2.75) is 13.0 Å². The van der Waals surface area contributed by atoms with Crippen molar-refractivity contribution in [2.75, 3.05) is 0 Å². The lowest BCUT2D eigenvalue weighted by atomic mass is 10.2. The highest BCUT2D eigenvalue weighted by atomic mass is 19.1. The van der Waals surface area contributed by atoms with Crippen molar-refractivity contribution in [1.29, 1.82) is 0 Å². The van der Waals surface area contributed by atoms with Crippen LogP contribution >= 0.6 is 0 Å². The molecule has 0 bridgehead atoms. The summed E-state index contributed by atoms with van der Waals surface area (Å²) in [5.41, 5.74) is 5.72. The monoisotopic (exact) mass is 203 g/mol. The number of furan rings is 1. The third-order valence-corrected chi connectivity index (χ3v) is 1.92. The van der Waals surface area contributed by atoms with Crippen LogP contribution in [0.4, 0.5) is 4.39 Å². The first kappa shape index (κ1) is 9.75. The summed E-state index contributed by atoms with van der Waals surface area (Å²) in [4.78, 5) is 0. The second-order valence-corrected chi connectivity index (χ2v) is 3.33. The normalized spacial score (nSPS) is 12.2. The van der Waals surface area contributed by atoms with Gasteiger partial charge in [-0.05, 0) is 18.9 Å². The Morgan fingerprint density at radius 2 is 2.27 bits per heavy atom. The number of nitrogens with two attached hydrogens (primary N) is 1. The van der Waals surface area contributed by atoms with Gasteiger partial charge in [-0.3, -0.25) is 0 Å². The van der Waals surface area contributed by atoms with Crippen LogP contribution in [0, 0.1) is 17.7 Å². The molecule has 0 aliphatic rings. The van der Waals surface area contributed by atoms with Gasteiger partial charge in [-0.1, -0.05) is 18.1 Å². The van der Waals surface area contributed by atoms with Crippen molar-refractivity contribution in [3.63, 3.8) is 0 Å². The van der Waals surface area contributed by atoms with Gasteiger partial charge in [0.05, 0.1) is 6.04 Å².